The fourth-order valence-electron chi connectivity index (χ4n) is 2.91. The first-order valence-electron chi connectivity index (χ1n) is 9.58. The second-order valence-corrected chi connectivity index (χ2v) is 6.75. The summed E-state index contributed by atoms with van der Waals surface area (Å²) in [5, 5.41) is 23.0. The van der Waals surface area contributed by atoms with Gasteiger partial charge in [0.2, 0.25) is 11.8 Å². The van der Waals surface area contributed by atoms with Crippen LogP contribution >= 0.6 is 0 Å². The van der Waals surface area contributed by atoms with Crippen LogP contribution < -0.4 is 16.4 Å². The number of rotatable bonds is 10. The van der Waals surface area contributed by atoms with Crippen LogP contribution in [0.4, 0.5) is 4.79 Å². The molecule has 0 bridgehead atoms. The average Bonchev–Trinajstić information content (AvgIpc) is 3.15. The van der Waals surface area contributed by atoms with Gasteiger partial charge < -0.3 is 30.8 Å². The Morgan fingerprint density at radius 3 is 2.63 bits per heavy atom. The van der Waals surface area contributed by atoms with Gasteiger partial charge in [-0.05, 0) is 12.8 Å². The summed E-state index contributed by atoms with van der Waals surface area (Å²) < 4.78 is 5.67. The van der Waals surface area contributed by atoms with Crippen LogP contribution in [0.15, 0.2) is 4.42 Å². The molecule has 2 amide bonds. The number of carbonyl (C=O) groups is 2. The second kappa shape index (κ2) is 10.8. The minimum absolute atomic E-state index is 0.118. The maximum atomic E-state index is 12.5. The summed E-state index contributed by atoms with van der Waals surface area (Å²) in [6, 6.07) is -1.28. The number of carboxylic acid groups (broad SMARTS) is 1. The zero-order chi connectivity index (χ0) is 19.6. The lowest BCUT2D eigenvalue weighted by Gasteiger charge is -2.29. The van der Waals surface area contributed by atoms with Gasteiger partial charge in [-0.3, -0.25) is 4.79 Å². The van der Waals surface area contributed by atoms with Gasteiger partial charge in [0.25, 0.3) is 0 Å². The number of carbonyl (C=O) groups excluding carboxylic acids is 1. The molecular weight excluding hydrogens is 352 g/mol. The van der Waals surface area contributed by atoms with Gasteiger partial charge >= 0.3 is 12.0 Å². The summed E-state index contributed by atoms with van der Waals surface area (Å²) in [4.78, 5) is 25.1. The highest BCUT2D eigenvalue weighted by atomic mass is 16.4. The molecule has 2 rings (SSSR count). The van der Waals surface area contributed by atoms with E-state index in [-0.39, 0.29) is 30.8 Å². The number of unbranched alkanes of at least 4 members (excludes halogenated alkanes) is 2. The Morgan fingerprint density at radius 1 is 1.26 bits per heavy atom. The standard InChI is InChI=1S/C17H30N6O4/c1-2-3-4-5-12(18)15-21-22-16(27-15)13(6-7-14(24)25)20-17(26)23-10-8-19-9-11-23/h12-13,19H,2-11,18H2,1H3,(H,20,26)(H,24,25)/t12-,13-/m0/s1. The van der Waals surface area contributed by atoms with E-state index >= 15 is 0 Å². The lowest BCUT2D eigenvalue weighted by atomic mass is 10.1. The highest BCUT2D eigenvalue weighted by Crippen LogP contribution is 2.22. The summed E-state index contributed by atoms with van der Waals surface area (Å²) in [7, 11) is 0. The number of urea groups is 1. The van der Waals surface area contributed by atoms with E-state index in [0.717, 1.165) is 38.8 Å². The van der Waals surface area contributed by atoms with Crippen LogP contribution in [0, 0.1) is 0 Å². The molecule has 0 aromatic carbocycles. The molecule has 0 radical (unpaired) electrons. The molecule has 0 aliphatic carbocycles. The first-order valence-corrected chi connectivity index (χ1v) is 9.58. The number of hydrogen-bond donors (Lipinski definition) is 4. The third-order valence-electron chi connectivity index (χ3n) is 4.54. The van der Waals surface area contributed by atoms with E-state index in [0.29, 0.717) is 19.0 Å². The van der Waals surface area contributed by atoms with Gasteiger partial charge in [0.05, 0.1) is 6.04 Å². The molecular formula is C17H30N6O4. The lowest BCUT2D eigenvalue weighted by Crippen LogP contribution is -2.50. The molecule has 1 aliphatic heterocycles. The zero-order valence-corrected chi connectivity index (χ0v) is 15.8. The Kier molecular flexibility index (Phi) is 8.46. The van der Waals surface area contributed by atoms with E-state index in [1.165, 1.54) is 0 Å². The minimum Gasteiger partial charge on any atom is -0.481 e. The Bertz CT molecular complexity index is 602. The number of carboxylic acids is 1. The smallest absolute Gasteiger partial charge is 0.318 e. The lowest BCUT2D eigenvalue weighted by molar-refractivity contribution is -0.137. The van der Waals surface area contributed by atoms with Crippen molar-refractivity contribution in [2.45, 2.75) is 57.5 Å². The number of hydrogen-bond acceptors (Lipinski definition) is 7. The van der Waals surface area contributed by atoms with Crippen LogP contribution in [-0.4, -0.2) is 58.4 Å². The van der Waals surface area contributed by atoms with Crippen molar-refractivity contribution in [3.63, 3.8) is 0 Å². The van der Waals surface area contributed by atoms with E-state index in [4.69, 9.17) is 15.3 Å². The van der Waals surface area contributed by atoms with Crippen LogP contribution in [0.2, 0.25) is 0 Å². The molecule has 1 fully saturated rings. The number of aromatic nitrogens is 2. The Labute approximate surface area is 158 Å². The van der Waals surface area contributed by atoms with Crippen LogP contribution in [0.25, 0.3) is 0 Å². The third kappa shape index (κ3) is 6.79. The van der Waals surface area contributed by atoms with Gasteiger partial charge in [0.15, 0.2) is 0 Å². The Morgan fingerprint density at radius 2 is 1.96 bits per heavy atom. The van der Waals surface area contributed by atoms with Crippen molar-refractivity contribution in [2.75, 3.05) is 26.2 Å². The van der Waals surface area contributed by atoms with Crippen LogP contribution in [-0.2, 0) is 4.79 Å². The monoisotopic (exact) mass is 382 g/mol. The number of piperazine rings is 1. The summed E-state index contributed by atoms with van der Waals surface area (Å²) in [5.74, 6) is -0.439. The summed E-state index contributed by atoms with van der Waals surface area (Å²) >= 11 is 0. The maximum absolute atomic E-state index is 12.5. The fourth-order valence-corrected chi connectivity index (χ4v) is 2.91. The van der Waals surface area contributed by atoms with Gasteiger partial charge in [-0.1, -0.05) is 26.2 Å². The predicted molar refractivity (Wildman–Crippen MR) is 98.0 cm³/mol. The number of nitrogens with two attached hydrogens (primary N) is 1. The molecule has 1 saturated heterocycles. The largest absolute Gasteiger partial charge is 0.481 e. The van der Waals surface area contributed by atoms with Crippen molar-refractivity contribution in [1.29, 1.82) is 0 Å². The van der Waals surface area contributed by atoms with Crippen molar-refractivity contribution in [3.8, 4) is 0 Å². The molecule has 0 saturated carbocycles. The number of nitrogens with zero attached hydrogens (tertiary/aromatic N) is 3. The van der Waals surface area contributed by atoms with Crippen LogP contribution in [0.3, 0.4) is 0 Å². The molecule has 10 nitrogen and oxygen atoms in total. The third-order valence-corrected chi connectivity index (χ3v) is 4.54. The highest BCUT2D eigenvalue weighted by Gasteiger charge is 2.26. The van der Waals surface area contributed by atoms with E-state index in [9.17, 15) is 9.59 Å². The van der Waals surface area contributed by atoms with E-state index in [1.807, 2.05) is 0 Å². The summed E-state index contributed by atoms with van der Waals surface area (Å²) in [6.45, 7) is 4.75. The minimum atomic E-state index is -0.951. The first-order chi connectivity index (χ1) is 13.0. The molecule has 27 heavy (non-hydrogen) atoms. The topological polar surface area (TPSA) is 147 Å². The summed E-state index contributed by atoms with van der Waals surface area (Å²) in [5.41, 5.74) is 6.10. The highest BCUT2D eigenvalue weighted by molar-refractivity contribution is 5.75. The molecule has 10 heteroatoms. The molecule has 1 aliphatic rings. The van der Waals surface area contributed by atoms with Crippen molar-refractivity contribution in [2.24, 2.45) is 5.73 Å². The van der Waals surface area contributed by atoms with Gasteiger partial charge in [-0.15, -0.1) is 10.2 Å². The zero-order valence-electron chi connectivity index (χ0n) is 15.8. The van der Waals surface area contributed by atoms with Crippen LogP contribution in [0.1, 0.15) is 69.3 Å². The van der Waals surface area contributed by atoms with E-state index in [2.05, 4.69) is 27.8 Å². The maximum Gasteiger partial charge on any atom is 0.318 e. The summed E-state index contributed by atoms with van der Waals surface area (Å²) in [6.07, 6.45) is 3.93. The molecule has 152 valence electrons. The molecule has 5 N–H and O–H groups in total. The normalized spacial score (nSPS) is 16.7. The van der Waals surface area contributed by atoms with Crippen molar-refractivity contribution in [1.82, 2.24) is 25.7 Å². The fraction of sp³-hybridized carbons (Fsp3) is 0.765. The average molecular weight is 382 g/mol. The number of nitrogens with one attached hydrogen (secondary N) is 2. The quantitative estimate of drug-likeness (QED) is 0.441. The van der Waals surface area contributed by atoms with Crippen molar-refractivity contribution < 1.29 is 19.1 Å². The molecule has 0 unspecified atom stereocenters. The first kappa shape index (κ1) is 21.1. The SMILES string of the molecule is CCCCC[C@H](N)c1nnc([C@H](CCC(=O)O)NC(=O)N2CCNCC2)o1. The molecule has 2 heterocycles. The van der Waals surface area contributed by atoms with Gasteiger partial charge in [-0.25, -0.2) is 4.79 Å². The van der Waals surface area contributed by atoms with E-state index in [1.54, 1.807) is 4.90 Å². The van der Waals surface area contributed by atoms with Crippen molar-refractivity contribution >= 4 is 12.0 Å². The Hall–Kier alpha value is -2.20. The second-order valence-electron chi connectivity index (χ2n) is 6.75. The molecule has 2 atom stereocenters. The Balaban J connectivity index is 2.02. The van der Waals surface area contributed by atoms with E-state index < -0.39 is 12.0 Å². The van der Waals surface area contributed by atoms with Gasteiger partial charge in [0, 0.05) is 32.6 Å². The molecule has 1 aromatic heterocycles. The van der Waals surface area contributed by atoms with Gasteiger partial charge in [0.1, 0.15) is 6.04 Å². The number of aliphatic carboxylic acids is 1. The molecule has 0 spiro atoms. The van der Waals surface area contributed by atoms with Crippen molar-refractivity contribution in [3.05, 3.63) is 11.8 Å². The predicted octanol–water partition coefficient (Wildman–Crippen LogP) is 1.17. The van der Waals surface area contributed by atoms with Crippen LogP contribution in [0.5, 0.6) is 0 Å². The van der Waals surface area contributed by atoms with Gasteiger partial charge in [-0.2, -0.15) is 0 Å². The number of amides is 2. The molecule has 1 aromatic rings.